The molecule has 1 saturated heterocycles. The van der Waals surface area contributed by atoms with Crippen LogP contribution in [0.1, 0.15) is 12.1 Å². The van der Waals surface area contributed by atoms with Crippen molar-refractivity contribution in [3.8, 4) is 5.75 Å². The predicted octanol–water partition coefficient (Wildman–Crippen LogP) is 4.58. The Hall–Kier alpha value is -2.39. The van der Waals surface area contributed by atoms with E-state index in [1.165, 1.54) is 0 Å². The molecule has 0 radical (unpaired) electrons. The number of nitrogens with one attached hydrogen (secondary N) is 1. The number of pyridine rings is 1. The number of hydrogen-bond acceptors (Lipinski definition) is 8. The van der Waals surface area contributed by atoms with Gasteiger partial charge in [0.15, 0.2) is 5.16 Å². The number of halogens is 1. The van der Waals surface area contributed by atoms with E-state index in [0.29, 0.717) is 17.4 Å². The van der Waals surface area contributed by atoms with E-state index < -0.39 is 0 Å². The second-order valence-electron chi connectivity index (χ2n) is 7.95. The van der Waals surface area contributed by atoms with Crippen LogP contribution in [0.25, 0.3) is 0 Å². The van der Waals surface area contributed by atoms with Crippen LogP contribution in [0.4, 0.5) is 11.5 Å². The van der Waals surface area contributed by atoms with E-state index in [0.717, 1.165) is 67.3 Å². The number of piperazine rings is 1. The maximum Gasteiger partial charge on any atom is 0.189 e. The number of benzene rings is 1. The molecule has 4 rings (SSSR count). The average molecular weight is 485 g/mol. The lowest BCUT2D eigenvalue weighted by atomic mass is 10.3. The minimum absolute atomic E-state index is 0.370. The van der Waals surface area contributed by atoms with Gasteiger partial charge in [-0.15, -0.1) is 0 Å². The summed E-state index contributed by atoms with van der Waals surface area (Å²) in [6.07, 6.45) is 4.66. The minimum Gasteiger partial charge on any atom is -0.486 e. The number of rotatable bonds is 10. The molecule has 1 N–H and O–H groups in total. The summed E-state index contributed by atoms with van der Waals surface area (Å²) < 4.78 is 5.79. The third kappa shape index (κ3) is 7.57. The Labute approximate surface area is 204 Å². The van der Waals surface area contributed by atoms with Crippen LogP contribution < -0.4 is 10.1 Å². The van der Waals surface area contributed by atoms with E-state index in [9.17, 15) is 0 Å². The molecule has 3 aromatic rings. The zero-order valence-electron chi connectivity index (χ0n) is 18.8. The van der Waals surface area contributed by atoms with Crippen LogP contribution in [-0.4, -0.2) is 70.3 Å². The Balaban J connectivity index is 1.25. The Morgan fingerprint density at radius 2 is 1.94 bits per heavy atom. The molecule has 7 nitrogen and oxygen atoms in total. The van der Waals surface area contributed by atoms with Crippen molar-refractivity contribution < 1.29 is 4.74 Å². The van der Waals surface area contributed by atoms with Crippen LogP contribution >= 0.6 is 23.4 Å². The lowest BCUT2D eigenvalue weighted by molar-refractivity contribution is 0.154. The fourth-order valence-electron chi connectivity index (χ4n) is 3.48. The summed E-state index contributed by atoms with van der Waals surface area (Å²) in [4.78, 5) is 18.2. The number of thioether (sulfide) groups is 1. The highest BCUT2D eigenvalue weighted by Crippen LogP contribution is 2.29. The van der Waals surface area contributed by atoms with E-state index in [1.807, 2.05) is 42.5 Å². The van der Waals surface area contributed by atoms with Crippen LogP contribution in [0.3, 0.4) is 0 Å². The zero-order valence-corrected chi connectivity index (χ0v) is 20.4. The van der Waals surface area contributed by atoms with Crippen LogP contribution in [0.5, 0.6) is 5.75 Å². The summed E-state index contributed by atoms with van der Waals surface area (Å²) in [5.74, 6) is 2.36. The van der Waals surface area contributed by atoms with E-state index in [1.54, 1.807) is 24.2 Å². The highest BCUT2D eigenvalue weighted by molar-refractivity contribution is 7.99. The molecule has 0 bridgehead atoms. The van der Waals surface area contributed by atoms with Gasteiger partial charge in [-0.05, 0) is 56.4 Å². The van der Waals surface area contributed by atoms with Gasteiger partial charge in [0.2, 0.25) is 0 Å². The monoisotopic (exact) mass is 484 g/mol. The van der Waals surface area contributed by atoms with Gasteiger partial charge < -0.3 is 19.9 Å². The highest BCUT2D eigenvalue weighted by Gasteiger charge is 2.13. The number of hydrogen-bond donors (Lipinski definition) is 1. The average Bonchev–Trinajstić information content (AvgIpc) is 2.83. The molecule has 0 atom stereocenters. The zero-order chi connectivity index (χ0) is 22.9. The molecular formula is C24H29ClN6OS. The molecule has 174 valence electrons. The molecule has 0 spiro atoms. The van der Waals surface area contributed by atoms with Crippen molar-refractivity contribution >= 4 is 34.9 Å². The van der Waals surface area contributed by atoms with Crippen molar-refractivity contribution in [2.24, 2.45) is 0 Å². The fraction of sp³-hybridized carbons (Fsp3) is 0.375. The second-order valence-corrected chi connectivity index (χ2v) is 9.42. The molecule has 9 heteroatoms. The standard InChI is InChI=1S/C24H29ClN6OS/c1-30-12-14-31(15-13-30)11-4-16-33-24-27-10-8-23(29-24)28-19-6-7-22(21(25)17-19)32-18-20-5-2-3-9-26-20/h2-3,5-10,17H,4,11-16,18H2,1H3,(H,27,28,29). The number of aromatic nitrogens is 3. The van der Waals surface area contributed by atoms with Gasteiger partial charge in [-0.3, -0.25) is 4.98 Å². The van der Waals surface area contributed by atoms with Crippen molar-refractivity contribution in [2.45, 2.75) is 18.2 Å². The first-order valence-electron chi connectivity index (χ1n) is 11.1. The van der Waals surface area contributed by atoms with Crippen LogP contribution in [0, 0.1) is 0 Å². The van der Waals surface area contributed by atoms with Gasteiger partial charge >= 0.3 is 0 Å². The van der Waals surface area contributed by atoms with Gasteiger partial charge in [0, 0.05) is 50.0 Å². The molecule has 1 aliphatic heterocycles. The molecule has 1 fully saturated rings. The molecule has 33 heavy (non-hydrogen) atoms. The lowest BCUT2D eigenvalue weighted by Crippen LogP contribution is -2.44. The Morgan fingerprint density at radius 1 is 1.06 bits per heavy atom. The van der Waals surface area contributed by atoms with Crippen LogP contribution in [0.2, 0.25) is 5.02 Å². The maximum absolute atomic E-state index is 6.42. The molecule has 0 saturated carbocycles. The van der Waals surface area contributed by atoms with Gasteiger partial charge in [0.25, 0.3) is 0 Å². The summed E-state index contributed by atoms with van der Waals surface area (Å²) >= 11 is 8.11. The summed E-state index contributed by atoms with van der Waals surface area (Å²) in [7, 11) is 2.19. The molecule has 1 aromatic carbocycles. The molecular weight excluding hydrogens is 456 g/mol. The van der Waals surface area contributed by atoms with E-state index in [-0.39, 0.29) is 0 Å². The number of anilines is 2. The molecule has 3 heterocycles. The molecule has 2 aromatic heterocycles. The first kappa shape index (κ1) is 23.8. The van der Waals surface area contributed by atoms with E-state index in [4.69, 9.17) is 16.3 Å². The maximum atomic E-state index is 6.42. The highest BCUT2D eigenvalue weighted by atomic mass is 35.5. The third-order valence-electron chi connectivity index (χ3n) is 5.39. The van der Waals surface area contributed by atoms with Gasteiger partial charge in [-0.2, -0.15) is 0 Å². The summed E-state index contributed by atoms with van der Waals surface area (Å²) in [5.41, 5.74) is 1.69. The lowest BCUT2D eigenvalue weighted by Gasteiger charge is -2.32. The third-order valence-corrected chi connectivity index (χ3v) is 6.63. The fourth-order valence-corrected chi connectivity index (χ4v) is 4.47. The van der Waals surface area contributed by atoms with Gasteiger partial charge in [0.05, 0.1) is 10.7 Å². The van der Waals surface area contributed by atoms with Crippen molar-refractivity contribution in [3.05, 3.63) is 65.6 Å². The second kappa shape index (κ2) is 12.2. The summed E-state index contributed by atoms with van der Waals surface area (Å²) in [6.45, 7) is 6.14. The summed E-state index contributed by atoms with van der Waals surface area (Å²) in [6, 6.07) is 13.2. The largest absolute Gasteiger partial charge is 0.486 e. The smallest absolute Gasteiger partial charge is 0.189 e. The summed E-state index contributed by atoms with van der Waals surface area (Å²) in [5, 5.41) is 4.61. The predicted molar refractivity (Wildman–Crippen MR) is 135 cm³/mol. The Kier molecular flexibility index (Phi) is 8.77. The SMILES string of the molecule is CN1CCN(CCCSc2nccc(Nc3ccc(OCc4ccccn4)c(Cl)c3)n2)CC1. The van der Waals surface area contributed by atoms with Gasteiger partial charge in [0.1, 0.15) is 18.2 Å². The normalized spacial score (nSPS) is 14.8. The van der Waals surface area contributed by atoms with Crippen molar-refractivity contribution in [3.63, 3.8) is 0 Å². The first-order chi connectivity index (χ1) is 16.2. The van der Waals surface area contributed by atoms with Crippen LogP contribution in [0.15, 0.2) is 60.0 Å². The van der Waals surface area contributed by atoms with Crippen molar-refractivity contribution in [1.82, 2.24) is 24.8 Å². The van der Waals surface area contributed by atoms with Crippen molar-refractivity contribution in [2.75, 3.05) is 50.8 Å². The van der Waals surface area contributed by atoms with Crippen LogP contribution in [-0.2, 0) is 6.61 Å². The molecule has 0 unspecified atom stereocenters. The Morgan fingerprint density at radius 3 is 2.73 bits per heavy atom. The van der Waals surface area contributed by atoms with Crippen molar-refractivity contribution in [1.29, 1.82) is 0 Å². The van der Waals surface area contributed by atoms with Gasteiger partial charge in [-0.1, -0.05) is 29.4 Å². The molecule has 0 aliphatic carbocycles. The first-order valence-corrected chi connectivity index (χ1v) is 12.5. The molecule has 1 aliphatic rings. The Bertz CT molecular complexity index is 1020. The number of likely N-dealkylation sites (N-methyl/N-ethyl adjacent to an activating group) is 1. The van der Waals surface area contributed by atoms with E-state index in [2.05, 4.69) is 37.1 Å². The number of nitrogens with zero attached hydrogens (tertiary/aromatic N) is 5. The van der Waals surface area contributed by atoms with E-state index >= 15 is 0 Å². The van der Waals surface area contributed by atoms with Gasteiger partial charge in [-0.25, -0.2) is 9.97 Å². The number of ether oxygens (including phenoxy) is 1. The molecule has 0 amide bonds. The minimum atomic E-state index is 0.370. The topological polar surface area (TPSA) is 66.4 Å². The quantitative estimate of drug-likeness (QED) is 0.255.